The molecule has 3 nitrogen and oxygen atoms in total. The molecule has 0 saturated carbocycles. The first-order chi connectivity index (χ1) is 12.8. The van der Waals surface area contributed by atoms with Crippen LogP contribution in [0, 0.1) is 5.92 Å². The maximum atomic E-state index is 5.94. The number of hydrogen-bond donors (Lipinski definition) is 0. The van der Waals surface area contributed by atoms with Crippen LogP contribution in [0.5, 0.6) is 5.75 Å². The minimum Gasteiger partial charge on any atom is -0.487 e. The van der Waals surface area contributed by atoms with Crippen LogP contribution in [0.4, 0.5) is 0 Å². The summed E-state index contributed by atoms with van der Waals surface area (Å²) in [6, 6.07) is 18.6. The fourth-order valence-corrected chi connectivity index (χ4v) is 4.02. The number of aromatic nitrogens is 1. The Hall–Kier alpha value is -1.91. The lowest BCUT2D eigenvalue weighted by molar-refractivity contribution is 0.0665. The van der Waals surface area contributed by atoms with Crippen molar-refractivity contribution in [3.05, 3.63) is 70.3 Å². The van der Waals surface area contributed by atoms with Gasteiger partial charge in [-0.2, -0.15) is 0 Å². The molecule has 1 saturated heterocycles. The van der Waals surface area contributed by atoms with E-state index in [1.807, 2.05) is 24.3 Å². The summed E-state index contributed by atoms with van der Waals surface area (Å²) in [6.07, 6.45) is 3.46. The number of benzene rings is 2. The molecular formula is C22H22BrNO2. The van der Waals surface area contributed by atoms with Crippen LogP contribution in [0.1, 0.15) is 24.1 Å². The third-order valence-electron chi connectivity index (χ3n) is 4.89. The first-order valence-electron chi connectivity index (χ1n) is 9.11. The van der Waals surface area contributed by atoms with E-state index in [-0.39, 0.29) is 0 Å². The van der Waals surface area contributed by atoms with Gasteiger partial charge in [0.2, 0.25) is 0 Å². The molecule has 0 radical (unpaired) electrons. The summed E-state index contributed by atoms with van der Waals surface area (Å²) in [7, 11) is 0. The summed E-state index contributed by atoms with van der Waals surface area (Å²) >= 11 is 3.63. The average molecular weight is 412 g/mol. The summed E-state index contributed by atoms with van der Waals surface area (Å²) in [6.45, 7) is 2.27. The van der Waals surface area contributed by atoms with Gasteiger partial charge in [0, 0.05) is 23.1 Å². The fourth-order valence-electron chi connectivity index (χ4n) is 3.42. The number of ether oxygens (including phenoxy) is 2. The highest BCUT2D eigenvalue weighted by Crippen LogP contribution is 2.25. The molecule has 0 unspecified atom stereocenters. The van der Waals surface area contributed by atoms with Crippen molar-refractivity contribution in [3.8, 4) is 5.75 Å². The molecule has 4 rings (SSSR count). The maximum Gasteiger partial charge on any atom is 0.130 e. The second-order valence-corrected chi connectivity index (χ2v) is 7.66. The Balaban J connectivity index is 1.38. The predicted octanol–water partition coefficient (Wildman–Crippen LogP) is 5.55. The Kier molecular flexibility index (Phi) is 5.51. The molecule has 26 heavy (non-hydrogen) atoms. The Bertz CT molecular complexity index is 873. The second-order valence-electron chi connectivity index (χ2n) is 6.81. The third-order valence-corrected chi connectivity index (χ3v) is 5.55. The van der Waals surface area contributed by atoms with Crippen molar-refractivity contribution in [2.45, 2.75) is 25.9 Å². The van der Waals surface area contributed by atoms with Gasteiger partial charge in [-0.05, 0) is 55.0 Å². The van der Waals surface area contributed by atoms with Crippen LogP contribution in [0.25, 0.3) is 10.9 Å². The highest BCUT2D eigenvalue weighted by Gasteiger charge is 2.14. The van der Waals surface area contributed by atoms with E-state index in [4.69, 9.17) is 9.47 Å². The molecule has 134 valence electrons. The zero-order chi connectivity index (χ0) is 17.8. The van der Waals surface area contributed by atoms with E-state index in [1.54, 1.807) is 0 Å². The van der Waals surface area contributed by atoms with Crippen LogP contribution in [0.2, 0.25) is 0 Å². The van der Waals surface area contributed by atoms with Crippen molar-refractivity contribution in [2.75, 3.05) is 13.2 Å². The SMILES string of the molecule is Brc1cc(COc2ccc(CC3CCOCC3)cc2)nc2ccccc12. The first-order valence-corrected chi connectivity index (χ1v) is 9.91. The minimum atomic E-state index is 0.461. The van der Waals surface area contributed by atoms with E-state index in [2.05, 4.69) is 51.2 Å². The van der Waals surface area contributed by atoms with Gasteiger partial charge in [0.1, 0.15) is 12.4 Å². The Morgan fingerprint density at radius 3 is 2.62 bits per heavy atom. The molecule has 0 aliphatic carbocycles. The van der Waals surface area contributed by atoms with E-state index < -0.39 is 0 Å². The molecule has 1 aliphatic rings. The monoisotopic (exact) mass is 411 g/mol. The summed E-state index contributed by atoms with van der Waals surface area (Å²) in [5.74, 6) is 1.63. The third kappa shape index (κ3) is 4.25. The van der Waals surface area contributed by atoms with Crippen molar-refractivity contribution in [1.29, 1.82) is 0 Å². The van der Waals surface area contributed by atoms with Gasteiger partial charge in [0.15, 0.2) is 0 Å². The molecule has 1 aliphatic heterocycles. The molecule has 2 heterocycles. The standard InChI is InChI=1S/C22H22BrNO2/c23-21-14-18(24-22-4-2-1-3-20(21)22)15-26-19-7-5-16(6-8-19)13-17-9-11-25-12-10-17/h1-8,14,17H,9-13,15H2. The Labute approximate surface area is 162 Å². The van der Waals surface area contributed by atoms with Gasteiger partial charge >= 0.3 is 0 Å². The lowest BCUT2D eigenvalue weighted by Gasteiger charge is -2.22. The molecule has 2 aromatic carbocycles. The second kappa shape index (κ2) is 8.19. The van der Waals surface area contributed by atoms with Gasteiger partial charge in [0.25, 0.3) is 0 Å². The Morgan fingerprint density at radius 1 is 1.04 bits per heavy atom. The minimum absolute atomic E-state index is 0.461. The fraction of sp³-hybridized carbons (Fsp3) is 0.318. The van der Waals surface area contributed by atoms with Crippen molar-refractivity contribution in [1.82, 2.24) is 4.98 Å². The van der Waals surface area contributed by atoms with Gasteiger partial charge < -0.3 is 9.47 Å². The topological polar surface area (TPSA) is 31.4 Å². The lowest BCUT2D eigenvalue weighted by Crippen LogP contribution is -2.17. The van der Waals surface area contributed by atoms with Gasteiger partial charge in [-0.3, -0.25) is 0 Å². The molecule has 1 fully saturated rings. The Morgan fingerprint density at radius 2 is 1.81 bits per heavy atom. The zero-order valence-corrected chi connectivity index (χ0v) is 16.2. The van der Waals surface area contributed by atoms with E-state index >= 15 is 0 Å². The van der Waals surface area contributed by atoms with Crippen LogP contribution in [-0.4, -0.2) is 18.2 Å². The summed E-state index contributed by atoms with van der Waals surface area (Å²) in [5.41, 5.74) is 3.27. The molecule has 0 bridgehead atoms. The van der Waals surface area contributed by atoms with E-state index in [1.165, 1.54) is 18.4 Å². The molecule has 4 heteroatoms. The molecule has 0 spiro atoms. The van der Waals surface area contributed by atoms with Crippen molar-refractivity contribution in [3.63, 3.8) is 0 Å². The highest BCUT2D eigenvalue weighted by molar-refractivity contribution is 9.10. The molecule has 1 aromatic heterocycles. The number of halogens is 1. The quantitative estimate of drug-likeness (QED) is 0.551. The van der Waals surface area contributed by atoms with Crippen LogP contribution in [0.3, 0.4) is 0 Å². The number of para-hydroxylation sites is 1. The number of pyridine rings is 1. The van der Waals surface area contributed by atoms with Crippen molar-refractivity contribution in [2.24, 2.45) is 5.92 Å². The number of fused-ring (bicyclic) bond motifs is 1. The summed E-state index contributed by atoms with van der Waals surface area (Å²) in [5, 5.41) is 1.12. The highest BCUT2D eigenvalue weighted by atomic mass is 79.9. The first kappa shape index (κ1) is 17.5. The van der Waals surface area contributed by atoms with E-state index in [0.717, 1.165) is 52.4 Å². The molecule has 0 atom stereocenters. The number of rotatable bonds is 5. The zero-order valence-electron chi connectivity index (χ0n) is 14.7. The predicted molar refractivity (Wildman–Crippen MR) is 107 cm³/mol. The van der Waals surface area contributed by atoms with Gasteiger partial charge in [0.05, 0.1) is 11.2 Å². The van der Waals surface area contributed by atoms with Crippen LogP contribution < -0.4 is 4.74 Å². The van der Waals surface area contributed by atoms with Crippen molar-refractivity contribution >= 4 is 26.8 Å². The van der Waals surface area contributed by atoms with E-state index in [9.17, 15) is 0 Å². The molecule has 3 aromatic rings. The normalized spacial score (nSPS) is 15.3. The summed E-state index contributed by atoms with van der Waals surface area (Å²) in [4.78, 5) is 4.68. The number of nitrogens with zero attached hydrogens (tertiary/aromatic N) is 1. The van der Waals surface area contributed by atoms with Gasteiger partial charge in [-0.1, -0.05) is 46.3 Å². The molecule has 0 amide bonds. The largest absolute Gasteiger partial charge is 0.487 e. The van der Waals surface area contributed by atoms with Crippen LogP contribution >= 0.6 is 15.9 Å². The molecule has 0 N–H and O–H groups in total. The summed E-state index contributed by atoms with van der Waals surface area (Å²) < 4.78 is 12.4. The number of hydrogen-bond acceptors (Lipinski definition) is 3. The van der Waals surface area contributed by atoms with E-state index in [0.29, 0.717) is 6.61 Å². The van der Waals surface area contributed by atoms with Crippen LogP contribution in [0.15, 0.2) is 59.1 Å². The van der Waals surface area contributed by atoms with Crippen molar-refractivity contribution < 1.29 is 9.47 Å². The lowest BCUT2D eigenvalue weighted by atomic mass is 9.92. The van der Waals surface area contributed by atoms with Gasteiger partial charge in [-0.25, -0.2) is 4.98 Å². The van der Waals surface area contributed by atoms with Crippen LogP contribution in [-0.2, 0) is 17.8 Å². The smallest absolute Gasteiger partial charge is 0.130 e. The van der Waals surface area contributed by atoms with Gasteiger partial charge in [-0.15, -0.1) is 0 Å². The average Bonchev–Trinajstić information content (AvgIpc) is 2.68. The maximum absolute atomic E-state index is 5.94. The molecular weight excluding hydrogens is 390 g/mol.